The van der Waals surface area contributed by atoms with Gasteiger partial charge in [0.2, 0.25) is 11.8 Å². The summed E-state index contributed by atoms with van der Waals surface area (Å²) in [5, 5.41) is 21.0. The van der Waals surface area contributed by atoms with E-state index in [1.54, 1.807) is 30.3 Å². The minimum Gasteiger partial charge on any atom is -0.504 e. The summed E-state index contributed by atoms with van der Waals surface area (Å²) in [6.45, 7) is 1.94. The molecular formula is C43H37N3O8. The topological polar surface area (TPSA) is 154 Å². The molecule has 0 aromatic heterocycles. The number of benzene rings is 4. The number of phenols is 1. The molecule has 4 aromatic rings. The van der Waals surface area contributed by atoms with Gasteiger partial charge in [-0.25, -0.2) is 4.79 Å². The highest BCUT2D eigenvalue weighted by Crippen LogP contribution is 2.61. The van der Waals surface area contributed by atoms with Crippen LogP contribution in [0.3, 0.4) is 0 Å². The van der Waals surface area contributed by atoms with Crippen molar-refractivity contribution in [1.82, 2.24) is 5.01 Å². The number of fused-ring (bicyclic) bond motifs is 4. The first-order chi connectivity index (χ1) is 26.0. The van der Waals surface area contributed by atoms with Gasteiger partial charge in [-0.2, -0.15) is 5.01 Å². The van der Waals surface area contributed by atoms with Crippen LogP contribution < -0.4 is 15.1 Å². The van der Waals surface area contributed by atoms with Gasteiger partial charge in [-0.3, -0.25) is 29.5 Å². The Hall–Kier alpha value is -6.49. The number of carbonyl (C=O) groups is 5. The number of hydrogen-bond acceptors (Lipinski definition) is 8. The van der Waals surface area contributed by atoms with Crippen molar-refractivity contribution in [3.05, 3.63) is 137 Å². The fourth-order valence-electron chi connectivity index (χ4n) is 9.03. The van der Waals surface area contributed by atoms with Crippen molar-refractivity contribution in [2.24, 2.45) is 29.6 Å². The lowest BCUT2D eigenvalue weighted by Crippen LogP contribution is -2.54. The molecule has 11 nitrogen and oxygen atoms in total. The molecule has 4 aromatic carbocycles. The number of aryl methyl sites for hydroxylation is 1. The standard InChI is InChI=1S/C43H37N3O8/c1-24-11-15-28(16-12-24)44-46-39(49)34-23-32-30(17-18-31-37(32)40(50)45(38(31)48)29-10-6-7-26(22-29)41(51)52)33(19-13-25-14-20-35(47)36(21-25)54-2)43(34,42(46)53)27-8-4-3-5-9-27/h3-17,19-22,31-34,37,44,47H,18,23H2,1-2H3,(H,51,52)/t31-,32+,33-,34-,37-,43-/m0/s1. The first-order valence-electron chi connectivity index (χ1n) is 17.8. The Morgan fingerprint density at radius 3 is 2.37 bits per heavy atom. The highest BCUT2D eigenvalue weighted by atomic mass is 16.5. The van der Waals surface area contributed by atoms with E-state index in [-0.39, 0.29) is 35.6 Å². The van der Waals surface area contributed by atoms with Crippen LogP contribution in [-0.4, -0.2) is 51.9 Å². The van der Waals surface area contributed by atoms with E-state index in [0.29, 0.717) is 16.8 Å². The second kappa shape index (κ2) is 13.2. The molecule has 3 fully saturated rings. The van der Waals surface area contributed by atoms with E-state index in [4.69, 9.17) is 4.74 Å². The summed E-state index contributed by atoms with van der Waals surface area (Å²) < 4.78 is 5.35. The second-order valence-corrected chi connectivity index (χ2v) is 14.3. The van der Waals surface area contributed by atoms with Gasteiger partial charge in [-0.1, -0.05) is 84.0 Å². The van der Waals surface area contributed by atoms with E-state index in [9.17, 15) is 29.4 Å². The van der Waals surface area contributed by atoms with Gasteiger partial charge in [-0.15, -0.1) is 0 Å². The highest BCUT2D eigenvalue weighted by Gasteiger charge is 2.69. The predicted molar refractivity (Wildman–Crippen MR) is 199 cm³/mol. The van der Waals surface area contributed by atoms with Gasteiger partial charge in [0.25, 0.3) is 11.8 Å². The lowest BCUT2D eigenvalue weighted by Gasteiger charge is -2.49. The maximum atomic E-state index is 15.2. The Balaban J connectivity index is 1.28. The quantitative estimate of drug-likeness (QED) is 0.144. The van der Waals surface area contributed by atoms with Crippen molar-refractivity contribution < 1.29 is 38.9 Å². The maximum Gasteiger partial charge on any atom is 0.335 e. The van der Waals surface area contributed by atoms with Crippen molar-refractivity contribution >= 4 is 47.0 Å². The molecule has 0 spiro atoms. The first kappa shape index (κ1) is 34.6. The van der Waals surface area contributed by atoms with Crippen LogP contribution >= 0.6 is 0 Å². The molecule has 11 heteroatoms. The molecule has 2 saturated heterocycles. The van der Waals surface area contributed by atoms with E-state index in [2.05, 4.69) is 5.43 Å². The molecule has 6 atom stereocenters. The minimum absolute atomic E-state index is 0.0357. The van der Waals surface area contributed by atoms with Crippen LogP contribution in [0.1, 0.15) is 39.9 Å². The molecule has 0 unspecified atom stereocenters. The van der Waals surface area contributed by atoms with Gasteiger partial charge in [-0.05, 0) is 79.3 Å². The summed E-state index contributed by atoms with van der Waals surface area (Å²) >= 11 is 0. The van der Waals surface area contributed by atoms with Gasteiger partial charge in [0.15, 0.2) is 11.5 Å². The molecule has 54 heavy (non-hydrogen) atoms. The summed E-state index contributed by atoms with van der Waals surface area (Å²) in [6.07, 6.45) is 6.01. The molecule has 2 aliphatic carbocycles. The molecule has 8 rings (SSSR count). The number of imide groups is 2. The average Bonchev–Trinajstić information content (AvgIpc) is 3.56. The van der Waals surface area contributed by atoms with Crippen molar-refractivity contribution in [1.29, 1.82) is 0 Å². The molecule has 4 aliphatic rings. The number of hydrogen-bond donors (Lipinski definition) is 3. The first-order valence-corrected chi connectivity index (χ1v) is 17.8. The molecular weight excluding hydrogens is 686 g/mol. The number of nitrogens with one attached hydrogen (secondary N) is 1. The number of carboxylic acid groups (broad SMARTS) is 1. The monoisotopic (exact) mass is 723 g/mol. The smallest absolute Gasteiger partial charge is 0.335 e. The van der Waals surface area contributed by atoms with Crippen LogP contribution in [0, 0.1) is 36.5 Å². The van der Waals surface area contributed by atoms with Crippen LogP contribution in [0.25, 0.3) is 6.08 Å². The summed E-state index contributed by atoms with van der Waals surface area (Å²) in [5.74, 6) is -6.57. The number of ether oxygens (including phenoxy) is 1. The SMILES string of the molecule is COc1cc(C=C[C@H]2C3=CC[C@@H]4C(=O)N(c5cccc(C(=O)O)c5)C(=O)[C@@H]4[C@@H]3C[C@H]3C(=O)N(Nc4ccc(C)cc4)C(=O)[C@@]23c2ccccc2)ccc1O. The lowest BCUT2D eigenvalue weighted by molar-refractivity contribution is -0.139. The Labute approximate surface area is 311 Å². The number of methoxy groups -OCH3 is 1. The summed E-state index contributed by atoms with van der Waals surface area (Å²) in [6, 6.07) is 27.2. The van der Waals surface area contributed by atoms with E-state index in [1.807, 2.05) is 67.6 Å². The highest BCUT2D eigenvalue weighted by molar-refractivity contribution is 6.23. The summed E-state index contributed by atoms with van der Waals surface area (Å²) in [4.78, 5) is 71.4. The zero-order valence-electron chi connectivity index (χ0n) is 29.5. The molecule has 2 heterocycles. The van der Waals surface area contributed by atoms with E-state index in [1.165, 1.54) is 31.4 Å². The number of allylic oxidation sites excluding steroid dienone is 3. The van der Waals surface area contributed by atoms with Crippen LogP contribution in [0.5, 0.6) is 11.5 Å². The number of rotatable bonds is 8. The number of amides is 4. The molecule has 0 bridgehead atoms. The van der Waals surface area contributed by atoms with Crippen molar-refractivity contribution in [3.63, 3.8) is 0 Å². The number of aromatic carboxylic acids is 1. The number of hydrazine groups is 1. The van der Waals surface area contributed by atoms with Gasteiger partial charge >= 0.3 is 5.97 Å². The number of aromatic hydroxyl groups is 1. The number of nitrogens with zero attached hydrogens (tertiary/aromatic N) is 2. The van der Waals surface area contributed by atoms with Crippen LogP contribution in [0.2, 0.25) is 0 Å². The average molecular weight is 724 g/mol. The lowest BCUT2D eigenvalue weighted by atomic mass is 9.50. The summed E-state index contributed by atoms with van der Waals surface area (Å²) in [5.41, 5.74) is 5.43. The molecule has 2 aliphatic heterocycles. The number of phenolic OH excluding ortho intramolecular Hbond substituents is 1. The van der Waals surface area contributed by atoms with Gasteiger partial charge in [0, 0.05) is 5.92 Å². The van der Waals surface area contributed by atoms with E-state index in [0.717, 1.165) is 21.0 Å². The summed E-state index contributed by atoms with van der Waals surface area (Å²) in [7, 11) is 1.45. The van der Waals surface area contributed by atoms with Crippen LogP contribution in [-0.2, 0) is 24.6 Å². The van der Waals surface area contributed by atoms with Gasteiger partial charge in [0.05, 0.1) is 47.2 Å². The van der Waals surface area contributed by atoms with Crippen molar-refractivity contribution in [3.8, 4) is 11.5 Å². The number of carboxylic acids is 1. The normalized spacial score (nSPS) is 26.0. The second-order valence-electron chi connectivity index (χ2n) is 14.3. The zero-order valence-corrected chi connectivity index (χ0v) is 29.5. The van der Waals surface area contributed by atoms with Crippen molar-refractivity contribution in [2.75, 3.05) is 17.4 Å². The van der Waals surface area contributed by atoms with Gasteiger partial charge in [0.1, 0.15) is 0 Å². The van der Waals surface area contributed by atoms with E-state index >= 15 is 4.79 Å². The number of carbonyl (C=O) groups excluding carboxylic acids is 4. The van der Waals surface area contributed by atoms with Crippen molar-refractivity contribution in [2.45, 2.75) is 25.2 Å². The molecule has 272 valence electrons. The number of anilines is 2. The van der Waals surface area contributed by atoms with Gasteiger partial charge < -0.3 is 14.9 Å². The van der Waals surface area contributed by atoms with E-state index < -0.39 is 64.6 Å². The van der Waals surface area contributed by atoms with Crippen LogP contribution in [0.15, 0.2) is 115 Å². The fourth-order valence-corrected chi connectivity index (χ4v) is 9.03. The largest absolute Gasteiger partial charge is 0.504 e. The Kier molecular flexibility index (Phi) is 8.44. The minimum atomic E-state index is -1.43. The third-order valence-electron chi connectivity index (χ3n) is 11.5. The predicted octanol–water partition coefficient (Wildman–Crippen LogP) is 6.14. The Bertz CT molecular complexity index is 2280. The maximum absolute atomic E-state index is 15.2. The molecule has 3 N–H and O–H groups in total. The third-order valence-corrected chi connectivity index (χ3v) is 11.5. The molecule has 1 saturated carbocycles. The Morgan fingerprint density at radius 2 is 1.65 bits per heavy atom. The Morgan fingerprint density at radius 1 is 0.889 bits per heavy atom. The third kappa shape index (κ3) is 5.29. The van der Waals surface area contributed by atoms with Crippen LogP contribution in [0.4, 0.5) is 11.4 Å². The molecule has 0 radical (unpaired) electrons. The fraction of sp³-hybridized carbons (Fsp3) is 0.233. The molecule has 4 amide bonds. The zero-order chi connectivity index (χ0) is 37.9.